The fourth-order valence-corrected chi connectivity index (χ4v) is 14.2. The standard InChI is InChI=1S/C45H72O4/c1-26(2)31-15-12-28(5)23-39(31)48-42(46)34-18-19-36-35(41(34)43(47)49-40-24-29(6)13-16-32(40)27(3)4)25-38-33-17-14-30-11-9-10-21-44(30,7)37(33)20-22-45(36,38)8/h19,26-35,37-41H,9-18,20-25H2,1-8H3/t28-,29-,30?,31+,32+,33-,34+,35-,37+,38+,39+,40+,41?,44+,45-/m1/s1. The van der Waals surface area contributed by atoms with Gasteiger partial charge in [0, 0.05) is 0 Å². The van der Waals surface area contributed by atoms with Crippen LogP contribution in [0.4, 0.5) is 0 Å². The van der Waals surface area contributed by atoms with Gasteiger partial charge in [0.15, 0.2) is 0 Å². The number of fused-ring (bicyclic) bond motifs is 7. The molecule has 7 rings (SSSR count). The molecule has 0 aliphatic heterocycles. The van der Waals surface area contributed by atoms with Crippen LogP contribution in [0.1, 0.15) is 158 Å². The molecule has 15 atom stereocenters. The van der Waals surface area contributed by atoms with Crippen LogP contribution < -0.4 is 0 Å². The van der Waals surface area contributed by atoms with Crippen molar-refractivity contribution in [2.75, 3.05) is 0 Å². The monoisotopic (exact) mass is 677 g/mol. The molecule has 0 aromatic rings. The van der Waals surface area contributed by atoms with Crippen LogP contribution in [0, 0.1) is 87.8 Å². The van der Waals surface area contributed by atoms with Crippen molar-refractivity contribution in [1.29, 1.82) is 0 Å². The largest absolute Gasteiger partial charge is 0.462 e. The summed E-state index contributed by atoms with van der Waals surface area (Å²) in [5.41, 5.74) is 2.14. The van der Waals surface area contributed by atoms with Crippen LogP contribution in [0.2, 0.25) is 0 Å². The van der Waals surface area contributed by atoms with Crippen LogP contribution in [0.25, 0.3) is 0 Å². The van der Waals surface area contributed by atoms with Gasteiger partial charge in [-0.25, -0.2) is 0 Å². The molecule has 0 aromatic carbocycles. The highest BCUT2D eigenvalue weighted by atomic mass is 16.6. The molecule has 0 heterocycles. The predicted octanol–water partition coefficient (Wildman–Crippen LogP) is 11.2. The highest BCUT2D eigenvalue weighted by Crippen LogP contribution is 2.70. The molecule has 0 saturated heterocycles. The molecule has 0 amide bonds. The summed E-state index contributed by atoms with van der Waals surface area (Å²) >= 11 is 0. The summed E-state index contributed by atoms with van der Waals surface area (Å²) in [4.78, 5) is 29.4. The van der Waals surface area contributed by atoms with Crippen LogP contribution in [0.15, 0.2) is 11.6 Å². The van der Waals surface area contributed by atoms with Crippen LogP contribution >= 0.6 is 0 Å². The predicted molar refractivity (Wildman–Crippen MR) is 197 cm³/mol. The molecule has 2 unspecified atom stereocenters. The second-order valence-corrected chi connectivity index (χ2v) is 20.3. The van der Waals surface area contributed by atoms with Gasteiger partial charge in [-0.1, -0.05) is 92.7 Å². The molecule has 49 heavy (non-hydrogen) atoms. The lowest BCUT2D eigenvalue weighted by atomic mass is 9.45. The molecule has 0 bridgehead atoms. The summed E-state index contributed by atoms with van der Waals surface area (Å²) in [6.07, 6.45) is 21.6. The Morgan fingerprint density at radius 1 is 0.714 bits per heavy atom. The van der Waals surface area contributed by atoms with Crippen molar-refractivity contribution in [2.24, 2.45) is 87.8 Å². The van der Waals surface area contributed by atoms with Crippen LogP contribution in [-0.2, 0) is 19.1 Å². The fraction of sp³-hybridized carbons (Fsp3) is 0.911. The van der Waals surface area contributed by atoms with E-state index in [1.54, 1.807) is 0 Å². The minimum absolute atomic E-state index is 0.0429. The van der Waals surface area contributed by atoms with Gasteiger partial charge in [-0.3, -0.25) is 9.59 Å². The Kier molecular flexibility index (Phi) is 10.2. The number of ether oxygens (including phenoxy) is 2. The number of allylic oxidation sites excluding steroid dienone is 2. The Morgan fingerprint density at radius 3 is 1.98 bits per heavy atom. The second-order valence-electron chi connectivity index (χ2n) is 20.3. The average Bonchev–Trinajstić information content (AvgIpc) is 3.36. The molecule has 0 spiro atoms. The van der Waals surface area contributed by atoms with Crippen molar-refractivity contribution in [3.63, 3.8) is 0 Å². The van der Waals surface area contributed by atoms with Gasteiger partial charge in [-0.15, -0.1) is 0 Å². The van der Waals surface area contributed by atoms with Crippen molar-refractivity contribution in [3.05, 3.63) is 11.6 Å². The molecule has 6 saturated carbocycles. The average molecular weight is 677 g/mol. The lowest BCUT2D eigenvalue weighted by molar-refractivity contribution is -0.176. The molecule has 7 aliphatic carbocycles. The van der Waals surface area contributed by atoms with E-state index in [1.165, 1.54) is 69.8 Å². The van der Waals surface area contributed by atoms with Gasteiger partial charge in [0.2, 0.25) is 0 Å². The van der Waals surface area contributed by atoms with E-state index >= 15 is 0 Å². The summed E-state index contributed by atoms with van der Waals surface area (Å²) in [5, 5.41) is 0. The van der Waals surface area contributed by atoms with Crippen molar-refractivity contribution >= 4 is 11.9 Å². The van der Waals surface area contributed by atoms with Gasteiger partial charge in [0.05, 0.1) is 11.8 Å². The molecule has 0 N–H and O–H groups in total. The Morgan fingerprint density at radius 2 is 1.35 bits per heavy atom. The van der Waals surface area contributed by atoms with Gasteiger partial charge in [0.25, 0.3) is 0 Å². The lowest BCUT2D eigenvalue weighted by Crippen LogP contribution is -2.52. The zero-order valence-electron chi connectivity index (χ0n) is 32.7. The Hall–Kier alpha value is -1.32. The van der Waals surface area contributed by atoms with E-state index in [0.717, 1.165) is 49.9 Å². The Labute approximate surface area is 300 Å². The van der Waals surface area contributed by atoms with E-state index in [-0.39, 0.29) is 35.5 Å². The molecular weight excluding hydrogens is 604 g/mol. The first-order valence-corrected chi connectivity index (χ1v) is 21.4. The van der Waals surface area contributed by atoms with E-state index < -0.39 is 11.8 Å². The quantitative estimate of drug-likeness (QED) is 0.208. The third kappa shape index (κ3) is 6.40. The summed E-state index contributed by atoms with van der Waals surface area (Å²) < 4.78 is 13.3. The van der Waals surface area contributed by atoms with E-state index in [1.807, 2.05) is 0 Å². The van der Waals surface area contributed by atoms with Crippen LogP contribution in [0.5, 0.6) is 0 Å². The zero-order valence-corrected chi connectivity index (χ0v) is 32.7. The number of carbonyl (C=O) groups excluding carboxylic acids is 2. The third-order valence-corrected chi connectivity index (χ3v) is 17.0. The summed E-state index contributed by atoms with van der Waals surface area (Å²) in [7, 11) is 0. The summed E-state index contributed by atoms with van der Waals surface area (Å²) in [6, 6.07) is 0. The maximum absolute atomic E-state index is 14.9. The summed E-state index contributed by atoms with van der Waals surface area (Å²) in [5.74, 6) is 5.02. The van der Waals surface area contributed by atoms with E-state index in [4.69, 9.17) is 9.47 Å². The normalized spacial score (nSPS) is 48.1. The molecule has 0 aromatic heterocycles. The van der Waals surface area contributed by atoms with Gasteiger partial charge in [0.1, 0.15) is 12.2 Å². The highest BCUT2D eigenvalue weighted by Gasteiger charge is 2.63. The molecule has 4 heteroatoms. The first-order valence-electron chi connectivity index (χ1n) is 21.4. The van der Waals surface area contributed by atoms with Crippen LogP contribution in [-0.4, -0.2) is 24.1 Å². The number of carbonyl (C=O) groups is 2. The second kappa shape index (κ2) is 13.9. The number of rotatable bonds is 6. The minimum Gasteiger partial charge on any atom is -0.462 e. The first-order chi connectivity index (χ1) is 23.3. The molecule has 0 radical (unpaired) electrons. The number of esters is 2. The van der Waals surface area contributed by atoms with Gasteiger partial charge < -0.3 is 9.47 Å². The molecule has 276 valence electrons. The zero-order chi connectivity index (χ0) is 34.8. The van der Waals surface area contributed by atoms with Crippen LogP contribution in [0.3, 0.4) is 0 Å². The molecule has 6 fully saturated rings. The minimum atomic E-state index is -0.434. The molecule has 7 aliphatic rings. The maximum atomic E-state index is 14.9. The smallest absolute Gasteiger partial charge is 0.310 e. The molecule has 4 nitrogen and oxygen atoms in total. The number of hydrogen-bond acceptors (Lipinski definition) is 4. The SMILES string of the molecule is CC(C)[C@@H]1CC[C@@H](C)C[C@@H]1OC(=O)C1[C@@H](C(=O)O[C@H]2C[C@H](C)CC[C@H]2C(C)C)CC=C2[C@H]1C[C@H]1[C@@H]3CCC4CCCC[C@]4(C)[C@H]3CC[C@]21C. The fourth-order valence-electron chi connectivity index (χ4n) is 14.2. The Balaban J connectivity index is 1.19. The Bertz CT molecular complexity index is 1250. The third-order valence-electron chi connectivity index (χ3n) is 17.0. The van der Waals surface area contributed by atoms with Crippen molar-refractivity contribution < 1.29 is 19.1 Å². The van der Waals surface area contributed by atoms with E-state index in [2.05, 4.69) is 61.5 Å². The highest BCUT2D eigenvalue weighted by molar-refractivity contribution is 5.84. The molecular formula is C45H72O4. The van der Waals surface area contributed by atoms with Crippen molar-refractivity contribution in [3.8, 4) is 0 Å². The number of hydrogen-bond donors (Lipinski definition) is 0. The summed E-state index contributed by atoms with van der Waals surface area (Å²) in [6.45, 7) is 19.0. The van der Waals surface area contributed by atoms with Crippen molar-refractivity contribution in [2.45, 2.75) is 170 Å². The van der Waals surface area contributed by atoms with Gasteiger partial charge in [-0.2, -0.15) is 0 Å². The van der Waals surface area contributed by atoms with Gasteiger partial charge >= 0.3 is 11.9 Å². The lowest BCUT2D eigenvalue weighted by Gasteiger charge is -2.60. The van der Waals surface area contributed by atoms with Gasteiger partial charge in [-0.05, 0) is 153 Å². The first kappa shape index (κ1) is 36.1. The topological polar surface area (TPSA) is 52.6 Å². The van der Waals surface area contributed by atoms with Crippen molar-refractivity contribution in [1.82, 2.24) is 0 Å². The van der Waals surface area contributed by atoms with E-state index in [9.17, 15) is 9.59 Å². The van der Waals surface area contributed by atoms with E-state index in [0.29, 0.717) is 53.3 Å². The maximum Gasteiger partial charge on any atom is 0.310 e.